The van der Waals surface area contributed by atoms with E-state index in [0.29, 0.717) is 6.42 Å². The number of carbonyl (C=O) groups is 1. The molecule has 0 unspecified atom stereocenters. The molecule has 1 saturated heterocycles. The topological polar surface area (TPSA) is 67.4 Å². The second kappa shape index (κ2) is 9.52. The predicted octanol–water partition coefficient (Wildman–Crippen LogP) is 4.91. The Bertz CT molecular complexity index is 1280. The van der Waals surface area contributed by atoms with E-state index >= 15 is 0 Å². The van der Waals surface area contributed by atoms with Crippen molar-refractivity contribution in [1.82, 2.24) is 9.97 Å². The summed E-state index contributed by atoms with van der Waals surface area (Å²) in [6.45, 7) is 6.91. The minimum Gasteiger partial charge on any atom is -0.378 e. The van der Waals surface area contributed by atoms with Gasteiger partial charge in [0.05, 0.1) is 23.4 Å². The number of amides is 1. The third-order valence-corrected chi connectivity index (χ3v) is 6.59. The molecule has 1 fully saturated rings. The van der Waals surface area contributed by atoms with Crippen LogP contribution in [0.1, 0.15) is 11.4 Å². The van der Waals surface area contributed by atoms with Crippen molar-refractivity contribution in [3.05, 3.63) is 84.2 Å². The first-order valence-corrected chi connectivity index (χ1v) is 11.8. The number of fused-ring (bicyclic) bond motifs is 1. The van der Waals surface area contributed by atoms with Crippen LogP contribution in [-0.4, -0.2) is 42.2 Å². The summed E-state index contributed by atoms with van der Waals surface area (Å²) >= 11 is 1.64. The predicted molar refractivity (Wildman–Crippen MR) is 134 cm³/mol. The van der Waals surface area contributed by atoms with Gasteiger partial charge in [0.25, 0.3) is 0 Å². The number of rotatable bonds is 6. The molecule has 3 heterocycles. The second-order valence-electron chi connectivity index (χ2n) is 7.86. The molecular weight excluding hydrogens is 432 g/mol. The number of morpholine rings is 1. The summed E-state index contributed by atoms with van der Waals surface area (Å²) < 4.78 is 6.50. The number of thiophene rings is 1. The molecule has 0 aliphatic carbocycles. The zero-order valence-electron chi connectivity index (χ0n) is 18.2. The van der Waals surface area contributed by atoms with Crippen LogP contribution in [0.5, 0.6) is 0 Å². The first kappa shape index (κ1) is 21.3. The Labute approximate surface area is 196 Å². The number of ether oxygens (including phenoxy) is 1. The lowest BCUT2D eigenvalue weighted by Gasteiger charge is -2.28. The van der Waals surface area contributed by atoms with E-state index in [-0.39, 0.29) is 5.91 Å². The van der Waals surface area contributed by atoms with Gasteiger partial charge in [0, 0.05) is 48.0 Å². The monoisotopic (exact) mass is 456 g/mol. The van der Waals surface area contributed by atoms with Crippen LogP contribution in [0.4, 0.5) is 11.4 Å². The Hall–Kier alpha value is -3.55. The molecular formula is C26H24N4O2S. The van der Waals surface area contributed by atoms with Crippen molar-refractivity contribution in [3.8, 4) is 11.1 Å². The lowest BCUT2D eigenvalue weighted by molar-refractivity contribution is -0.111. The molecule has 0 atom stereocenters. The van der Waals surface area contributed by atoms with Crippen LogP contribution in [0.3, 0.4) is 0 Å². The number of hydrogen-bond donors (Lipinski definition) is 1. The van der Waals surface area contributed by atoms with Gasteiger partial charge in [-0.3, -0.25) is 4.79 Å². The number of nitrogens with one attached hydrogen (secondary N) is 1. The Morgan fingerprint density at radius 1 is 1.12 bits per heavy atom. The number of benzene rings is 2. The number of aromatic nitrogens is 2. The molecule has 0 saturated carbocycles. The van der Waals surface area contributed by atoms with Crippen molar-refractivity contribution in [2.24, 2.45) is 0 Å². The molecule has 1 amide bonds. The van der Waals surface area contributed by atoms with Gasteiger partial charge in [0.15, 0.2) is 0 Å². The standard InChI is InChI=1S/C26H24N4O2S/c1-2-25(31)28-20-7-5-19(6-8-20)22-17-33-23-16-27-24(29-26(22)23)15-18-3-9-21(10-4-18)30-11-13-32-14-12-30/h2-10,16-17H,1,11-15H2,(H,28,31). The molecule has 1 aliphatic heterocycles. The Morgan fingerprint density at radius 3 is 2.61 bits per heavy atom. The zero-order valence-corrected chi connectivity index (χ0v) is 19.0. The van der Waals surface area contributed by atoms with Crippen molar-refractivity contribution in [3.63, 3.8) is 0 Å². The average Bonchev–Trinajstić information content (AvgIpc) is 3.29. The highest BCUT2D eigenvalue weighted by Crippen LogP contribution is 2.33. The van der Waals surface area contributed by atoms with E-state index in [1.165, 1.54) is 17.3 Å². The largest absolute Gasteiger partial charge is 0.378 e. The van der Waals surface area contributed by atoms with Crippen LogP contribution in [0.2, 0.25) is 0 Å². The van der Waals surface area contributed by atoms with Crippen molar-refractivity contribution >= 4 is 38.8 Å². The summed E-state index contributed by atoms with van der Waals surface area (Å²) in [6.07, 6.45) is 3.85. The SMILES string of the molecule is C=CC(=O)Nc1ccc(-c2csc3cnc(Cc4ccc(N5CCOCC5)cc4)nc23)cc1. The molecule has 1 aliphatic rings. The fraction of sp³-hybridized carbons (Fsp3) is 0.192. The van der Waals surface area contributed by atoms with Gasteiger partial charge in [-0.2, -0.15) is 0 Å². The molecule has 2 aromatic heterocycles. The third kappa shape index (κ3) is 4.79. The van der Waals surface area contributed by atoms with Crippen LogP contribution in [0, 0.1) is 0 Å². The Morgan fingerprint density at radius 2 is 1.88 bits per heavy atom. The van der Waals surface area contributed by atoms with Crippen molar-refractivity contribution in [2.75, 3.05) is 36.5 Å². The Kier molecular flexibility index (Phi) is 6.15. The molecule has 0 radical (unpaired) electrons. The maximum atomic E-state index is 11.5. The maximum absolute atomic E-state index is 11.5. The van der Waals surface area contributed by atoms with Crippen molar-refractivity contribution < 1.29 is 9.53 Å². The summed E-state index contributed by atoms with van der Waals surface area (Å²) in [7, 11) is 0. The van der Waals surface area contributed by atoms with Crippen LogP contribution in [0.25, 0.3) is 21.3 Å². The molecule has 1 N–H and O–H groups in total. The van der Waals surface area contributed by atoms with Crippen LogP contribution in [0.15, 0.2) is 72.8 Å². The minimum absolute atomic E-state index is 0.223. The fourth-order valence-corrected chi connectivity index (χ4v) is 4.78. The molecule has 6 nitrogen and oxygen atoms in total. The number of carbonyl (C=O) groups excluding carboxylic acids is 1. The van der Waals surface area contributed by atoms with Gasteiger partial charge >= 0.3 is 0 Å². The van der Waals surface area contributed by atoms with E-state index in [2.05, 4.69) is 51.4 Å². The number of anilines is 2. The van der Waals surface area contributed by atoms with E-state index in [1.54, 1.807) is 11.3 Å². The van der Waals surface area contributed by atoms with Gasteiger partial charge < -0.3 is 15.0 Å². The quantitative estimate of drug-likeness (QED) is 0.418. The minimum atomic E-state index is -0.223. The average molecular weight is 457 g/mol. The number of nitrogens with zero attached hydrogens (tertiary/aromatic N) is 3. The smallest absolute Gasteiger partial charge is 0.247 e. The molecule has 2 aromatic carbocycles. The Balaban J connectivity index is 1.35. The van der Waals surface area contributed by atoms with Crippen molar-refractivity contribution in [1.29, 1.82) is 0 Å². The summed E-state index contributed by atoms with van der Waals surface area (Å²) in [5.41, 5.74) is 6.23. The molecule has 0 bridgehead atoms. The molecule has 5 rings (SSSR count). The van der Waals surface area contributed by atoms with E-state index in [1.807, 2.05) is 30.5 Å². The van der Waals surface area contributed by atoms with Gasteiger partial charge in [-0.15, -0.1) is 11.3 Å². The van der Waals surface area contributed by atoms with Gasteiger partial charge in [0.1, 0.15) is 5.82 Å². The second-order valence-corrected chi connectivity index (χ2v) is 8.77. The molecule has 166 valence electrons. The summed E-state index contributed by atoms with van der Waals surface area (Å²) in [5.74, 6) is 0.579. The highest BCUT2D eigenvalue weighted by atomic mass is 32.1. The third-order valence-electron chi connectivity index (χ3n) is 5.69. The lowest BCUT2D eigenvalue weighted by atomic mass is 10.1. The number of hydrogen-bond acceptors (Lipinski definition) is 6. The summed E-state index contributed by atoms with van der Waals surface area (Å²) in [4.78, 5) is 23.3. The van der Waals surface area contributed by atoms with Gasteiger partial charge in [0.2, 0.25) is 5.91 Å². The van der Waals surface area contributed by atoms with Gasteiger partial charge in [-0.05, 0) is 41.5 Å². The lowest BCUT2D eigenvalue weighted by Crippen LogP contribution is -2.36. The summed E-state index contributed by atoms with van der Waals surface area (Å²) in [6, 6.07) is 16.4. The fourth-order valence-electron chi connectivity index (χ4n) is 3.91. The molecule has 7 heteroatoms. The van der Waals surface area contributed by atoms with E-state index in [4.69, 9.17) is 9.72 Å². The van der Waals surface area contributed by atoms with Crippen molar-refractivity contribution in [2.45, 2.75) is 6.42 Å². The summed E-state index contributed by atoms with van der Waals surface area (Å²) in [5, 5.41) is 4.88. The zero-order chi connectivity index (χ0) is 22.6. The van der Waals surface area contributed by atoms with Crippen LogP contribution < -0.4 is 10.2 Å². The van der Waals surface area contributed by atoms with Crippen LogP contribution >= 0.6 is 11.3 Å². The van der Waals surface area contributed by atoms with E-state index < -0.39 is 0 Å². The maximum Gasteiger partial charge on any atom is 0.247 e. The van der Waals surface area contributed by atoms with E-state index in [9.17, 15) is 4.79 Å². The highest BCUT2D eigenvalue weighted by molar-refractivity contribution is 7.17. The molecule has 33 heavy (non-hydrogen) atoms. The van der Waals surface area contributed by atoms with Gasteiger partial charge in [-0.1, -0.05) is 30.8 Å². The van der Waals surface area contributed by atoms with Crippen LogP contribution in [-0.2, 0) is 16.0 Å². The van der Waals surface area contributed by atoms with Gasteiger partial charge in [-0.25, -0.2) is 9.97 Å². The molecule has 4 aromatic rings. The normalized spacial score (nSPS) is 13.8. The highest BCUT2D eigenvalue weighted by Gasteiger charge is 2.13. The van der Waals surface area contributed by atoms with E-state index in [0.717, 1.165) is 59.2 Å². The first-order valence-electron chi connectivity index (χ1n) is 10.9. The first-order chi connectivity index (χ1) is 16.2. The molecule has 0 spiro atoms.